The second-order valence-corrected chi connectivity index (χ2v) is 9.84. The highest BCUT2D eigenvalue weighted by Gasteiger charge is 2.17. The topological polar surface area (TPSA) is 146 Å². The van der Waals surface area contributed by atoms with Crippen LogP contribution in [0.25, 0.3) is 54.5 Å². The Kier molecular flexibility index (Phi) is 17.9. The van der Waals surface area contributed by atoms with Crippen LogP contribution in [0, 0.1) is 157 Å². The van der Waals surface area contributed by atoms with E-state index >= 15 is 0 Å². The quantitative estimate of drug-likeness (QED) is 0.0822. The smallest absolute Gasteiger partial charge is 0.141 e. The number of hydrogen-bond donors (Lipinski definition) is 2. The van der Waals surface area contributed by atoms with E-state index in [-0.39, 0.29) is 15.5 Å². The zero-order valence-corrected chi connectivity index (χ0v) is 29.5. The standard InChI is InChI=1S/C23H19N3O.C23H4.HN3.H2O.7H2/c1-13-22(14(2)27-26-13)17-11-20(23-21(12-17)24-15(3)25-23)19-10-6-8-16-7-4-5-9-18(16)19;1-3-5-7-9-11-13-15-17-19-21-23-22-20-18-16-14-12-10-8-6-4-2;1-3-2;;;;;;;;/h4-12H,1-3H3,(H,24,25);1H,2H3;1H;1H2;7*1H. The third-order valence-corrected chi connectivity index (χ3v) is 6.43. The number of aromatic amines is 1. The summed E-state index contributed by atoms with van der Waals surface area (Å²) in [5.41, 5.74) is 19.6. The number of nitrogens with one attached hydrogen (secondary N) is 2. The van der Waals surface area contributed by atoms with Gasteiger partial charge in [0.1, 0.15) is 11.6 Å². The molecule has 5 aromatic rings. The van der Waals surface area contributed by atoms with Crippen molar-refractivity contribution in [2.45, 2.75) is 27.7 Å². The molecular weight excluding hydrogens is 669 g/mol. The van der Waals surface area contributed by atoms with Crippen LogP contribution < -0.4 is 0 Å². The SMILES string of the molecule is C#CC#CC#CC#CC#CC#CC#CC#CC#CC#CC#CC.Cc1nc2c(-c3cccc4ccccc34)cc(-c3c(C)noc3C)cc2[nH]1.O.[HH].[HH].[HH].[HH].[HH].[HH].[HH].[N-]=[N+]=N. The Labute approximate surface area is 325 Å². The van der Waals surface area contributed by atoms with Crippen LogP contribution in [0.1, 0.15) is 34.2 Å². The van der Waals surface area contributed by atoms with Gasteiger partial charge in [-0.1, -0.05) is 53.5 Å². The Morgan fingerprint density at radius 3 is 1.72 bits per heavy atom. The summed E-state index contributed by atoms with van der Waals surface area (Å²) >= 11 is 0. The number of fused-ring (bicyclic) bond motifs is 2. The molecule has 2 heterocycles. The van der Waals surface area contributed by atoms with Crippen molar-refractivity contribution in [3.8, 4) is 153 Å². The van der Waals surface area contributed by atoms with E-state index < -0.39 is 0 Å². The van der Waals surface area contributed by atoms with Crippen LogP contribution in [0.5, 0.6) is 0 Å². The summed E-state index contributed by atoms with van der Waals surface area (Å²) in [4.78, 5) is 9.91. The van der Waals surface area contributed by atoms with E-state index in [0.29, 0.717) is 0 Å². The highest BCUT2D eigenvalue weighted by Crippen LogP contribution is 2.38. The first-order chi connectivity index (χ1) is 25.9. The molecule has 0 aliphatic carbocycles. The Morgan fingerprint density at radius 1 is 0.722 bits per heavy atom. The number of rotatable bonds is 2. The molecule has 0 aliphatic rings. The van der Waals surface area contributed by atoms with Crippen LogP contribution in [0.15, 0.2) is 59.1 Å². The molecule has 0 aliphatic heterocycles. The molecule has 0 fully saturated rings. The van der Waals surface area contributed by atoms with Crippen molar-refractivity contribution in [2.24, 2.45) is 0 Å². The van der Waals surface area contributed by atoms with Crippen molar-refractivity contribution in [2.75, 3.05) is 0 Å². The summed E-state index contributed by atoms with van der Waals surface area (Å²) in [6, 6.07) is 19.2. The Morgan fingerprint density at radius 2 is 1.22 bits per heavy atom. The monoisotopic (exact) mass is 708 g/mol. The van der Waals surface area contributed by atoms with Crippen molar-refractivity contribution >= 4 is 21.8 Å². The van der Waals surface area contributed by atoms with Crippen LogP contribution in [0.2, 0.25) is 0 Å². The van der Waals surface area contributed by atoms with Gasteiger partial charge < -0.3 is 15.0 Å². The summed E-state index contributed by atoms with van der Waals surface area (Å²) in [6.07, 6.45) is 4.90. The van der Waals surface area contributed by atoms with Gasteiger partial charge in [0.2, 0.25) is 0 Å². The van der Waals surface area contributed by atoms with E-state index in [0.717, 1.165) is 45.0 Å². The Bertz CT molecular complexity index is 2940. The number of terminal acetylenes is 1. The first-order valence-corrected chi connectivity index (χ1v) is 15.2. The Balaban J connectivity index is -0.000000210. The summed E-state index contributed by atoms with van der Waals surface area (Å²) in [5.74, 6) is 53.6. The van der Waals surface area contributed by atoms with E-state index in [1.165, 1.54) is 16.3 Å². The van der Waals surface area contributed by atoms with Gasteiger partial charge in [0, 0.05) is 44.8 Å². The molecule has 5 rings (SSSR count). The second-order valence-electron chi connectivity index (χ2n) is 9.84. The number of aromatic nitrogens is 3. The molecule has 0 atom stereocenters. The predicted octanol–water partition coefficient (Wildman–Crippen LogP) is 8.41. The normalized spacial score (nSPS) is 7.54. The first-order valence-electron chi connectivity index (χ1n) is 15.2. The van der Waals surface area contributed by atoms with E-state index in [9.17, 15) is 0 Å². The van der Waals surface area contributed by atoms with Crippen LogP contribution >= 0.6 is 0 Å². The van der Waals surface area contributed by atoms with Crippen molar-refractivity contribution in [3.05, 3.63) is 82.3 Å². The molecule has 0 saturated carbocycles. The number of hydrogen-bond acceptors (Lipinski definition) is 4. The molecule has 4 N–H and O–H groups in total. The molecule has 8 nitrogen and oxygen atoms in total. The van der Waals surface area contributed by atoms with Gasteiger partial charge in [-0.3, -0.25) is 0 Å². The summed E-state index contributed by atoms with van der Waals surface area (Å²) in [7, 11) is 0. The summed E-state index contributed by atoms with van der Waals surface area (Å²) in [6.45, 7) is 7.62. The molecule has 3 aromatic carbocycles. The fourth-order valence-electron chi connectivity index (χ4n) is 4.58. The maximum absolute atomic E-state index is 6.86. The third-order valence-electron chi connectivity index (χ3n) is 6.43. The van der Waals surface area contributed by atoms with Crippen LogP contribution in [-0.4, -0.2) is 20.6 Å². The van der Waals surface area contributed by atoms with Gasteiger partial charge in [0.15, 0.2) is 0 Å². The highest BCUT2D eigenvalue weighted by molar-refractivity contribution is 6.05. The largest absolute Gasteiger partial charge is 0.412 e. The lowest BCUT2D eigenvalue weighted by Gasteiger charge is -2.10. The van der Waals surface area contributed by atoms with Crippen molar-refractivity contribution in [3.63, 3.8) is 0 Å². The van der Waals surface area contributed by atoms with E-state index in [2.05, 4.69) is 189 Å². The van der Waals surface area contributed by atoms with Gasteiger partial charge in [-0.15, -0.1) is 12.0 Å². The fraction of sp³-hybridized carbons (Fsp3) is 0.0870. The molecule has 0 bridgehead atoms. The molecule has 0 unspecified atom stereocenters. The van der Waals surface area contributed by atoms with Gasteiger partial charge in [-0.2, -0.15) is 0 Å². The average Bonchev–Trinajstić information content (AvgIpc) is 3.71. The predicted molar refractivity (Wildman–Crippen MR) is 229 cm³/mol. The number of benzene rings is 3. The van der Waals surface area contributed by atoms with Gasteiger partial charge in [0.05, 0.1) is 16.7 Å². The lowest BCUT2D eigenvalue weighted by Crippen LogP contribution is -1.88. The minimum absolute atomic E-state index is 0. The summed E-state index contributed by atoms with van der Waals surface area (Å²) in [5, 5.41) is 6.57. The number of H-pyrrole nitrogens is 1. The molecule has 0 spiro atoms. The minimum atomic E-state index is 0. The highest BCUT2D eigenvalue weighted by atomic mass is 16.5. The molecular formula is C46H40N6O2. The minimum Gasteiger partial charge on any atom is -0.412 e. The summed E-state index contributed by atoms with van der Waals surface area (Å²) < 4.78 is 5.41. The van der Waals surface area contributed by atoms with Crippen LogP contribution in [0.4, 0.5) is 0 Å². The second kappa shape index (κ2) is 23.4. The lowest BCUT2D eigenvalue weighted by atomic mass is 9.93. The maximum Gasteiger partial charge on any atom is 0.141 e. The van der Waals surface area contributed by atoms with Crippen LogP contribution in [0.3, 0.4) is 0 Å². The average molecular weight is 709 g/mol. The van der Waals surface area contributed by atoms with Gasteiger partial charge in [-0.25, -0.2) is 4.98 Å². The van der Waals surface area contributed by atoms with Crippen molar-refractivity contribution in [1.29, 1.82) is 5.53 Å². The molecule has 0 radical (unpaired) electrons. The Hall–Kier alpha value is -8.97. The molecule has 2 aromatic heterocycles. The molecule has 54 heavy (non-hydrogen) atoms. The number of aryl methyl sites for hydroxylation is 3. The third kappa shape index (κ3) is 12.8. The molecule has 0 amide bonds. The van der Waals surface area contributed by atoms with Crippen LogP contribution in [-0.2, 0) is 0 Å². The van der Waals surface area contributed by atoms with E-state index in [1.54, 1.807) is 11.8 Å². The van der Waals surface area contributed by atoms with Gasteiger partial charge in [-0.05, 0) is 167 Å². The van der Waals surface area contributed by atoms with Gasteiger partial charge >= 0.3 is 0 Å². The lowest BCUT2D eigenvalue weighted by molar-refractivity contribution is 0.393. The molecule has 8 heteroatoms. The molecule has 0 saturated heterocycles. The number of nitrogens with zero attached hydrogens (tertiary/aromatic N) is 4. The zero-order chi connectivity index (χ0) is 38.1. The van der Waals surface area contributed by atoms with Crippen molar-refractivity contribution in [1.82, 2.24) is 15.1 Å². The zero-order valence-electron chi connectivity index (χ0n) is 29.5. The maximum atomic E-state index is 6.86. The van der Waals surface area contributed by atoms with Crippen molar-refractivity contribution < 1.29 is 20.0 Å². The first kappa shape index (κ1) is 41.2. The van der Waals surface area contributed by atoms with E-state index in [1.807, 2.05) is 20.8 Å². The number of imidazole rings is 1. The van der Waals surface area contributed by atoms with E-state index in [4.69, 9.17) is 27.0 Å². The fourth-order valence-corrected chi connectivity index (χ4v) is 4.58. The van der Waals surface area contributed by atoms with Gasteiger partial charge in [0.25, 0.3) is 0 Å². The molecule has 266 valence electrons.